The summed E-state index contributed by atoms with van der Waals surface area (Å²) in [6.45, 7) is 4.15. The first-order valence-electron chi connectivity index (χ1n) is 7.02. The van der Waals surface area contributed by atoms with Gasteiger partial charge in [-0.25, -0.2) is 9.97 Å². The van der Waals surface area contributed by atoms with E-state index in [1.54, 1.807) is 0 Å². The predicted octanol–water partition coefficient (Wildman–Crippen LogP) is 3.11. The normalized spacial score (nSPS) is 17.7. The zero-order valence-corrected chi connectivity index (χ0v) is 12.4. The third-order valence-corrected chi connectivity index (χ3v) is 4.22. The highest BCUT2D eigenvalue weighted by molar-refractivity contribution is 6.30. The van der Waals surface area contributed by atoms with Crippen molar-refractivity contribution in [2.24, 2.45) is 0 Å². The molecule has 0 bridgehead atoms. The Labute approximate surface area is 119 Å². The molecule has 1 aliphatic carbocycles. The molecule has 19 heavy (non-hydrogen) atoms. The third-order valence-electron chi connectivity index (χ3n) is 3.85. The van der Waals surface area contributed by atoms with E-state index < -0.39 is 0 Å². The van der Waals surface area contributed by atoms with Crippen LogP contribution < -0.4 is 5.32 Å². The zero-order valence-electron chi connectivity index (χ0n) is 11.7. The summed E-state index contributed by atoms with van der Waals surface area (Å²) < 4.78 is 0. The molecule has 0 aromatic carbocycles. The van der Waals surface area contributed by atoms with Gasteiger partial charge < -0.3 is 10.4 Å². The summed E-state index contributed by atoms with van der Waals surface area (Å²) >= 11 is 6.18. The molecular weight excluding hydrogens is 262 g/mol. The Morgan fingerprint density at radius 1 is 1.32 bits per heavy atom. The Balaban J connectivity index is 2.27. The van der Waals surface area contributed by atoms with Crippen LogP contribution in [0.2, 0.25) is 5.15 Å². The Morgan fingerprint density at radius 2 is 2.00 bits per heavy atom. The van der Waals surface area contributed by atoms with Crippen LogP contribution in [0.3, 0.4) is 0 Å². The average molecular weight is 284 g/mol. The first-order valence-corrected chi connectivity index (χ1v) is 7.40. The van der Waals surface area contributed by atoms with Crippen LogP contribution in [0.1, 0.15) is 50.4 Å². The van der Waals surface area contributed by atoms with E-state index in [4.69, 9.17) is 11.6 Å². The van der Waals surface area contributed by atoms with E-state index in [1.807, 2.05) is 6.92 Å². The minimum atomic E-state index is -0.230. The molecule has 1 saturated carbocycles. The summed E-state index contributed by atoms with van der Waals surface area (Å²) in [5.41, 5.74) is 0.632. The van der Waals surface area contributed by atoms with Gasteiger partial charge in [0, 0.05) is 12.0 Å². The second kappa shape index (κ2) is 6.06. The van der Waals surface area contributed by atoms with Gasteiger partial charge in [-0.05, 0) is 26.2 Å². The quantitative estimate of drug-likeness (QED) is 0.815. The maximum atomic E-state index is 9.67. The lowest BCUT2D eigenvalue weighted by atomic mass is 9.99. The minimum Gasteiger partial charge on any atom is -0.394 e. The van der Waals surface area contributed by atoms with E-state index >= 15 is 0 Å². The van der Waals surface area contributed by atoms with Crippen molar-refractivity contribution in [3.63, 3.8) is 0 Å². The second-order valence-corrected chi connectivity index (χ2v) is 5.78. The van der Waals surface area contributed by atoms with Crippen LogP contribution in [0.4, 0.5) is 5.82 Å². The Kier molecular flexibility index (Phi) is 4.63. The third kappa shape index (κ3) is 3.18. The number of hydrogen-bond acceptors (Lipinski definition) is 4. The molecule has 4 nitrogen and oxygen atoms in total. The smallest absolute Gasteiger partial charge is 0.137 e. The SMILES string of the molecule is CCCc1nc(Cl)c(C)c(NC2(CO)CCCC2)n1. The number of anilines is 1. The van der Waals surface area contributed by atoms with Crippen LogP contribution in [0.25, 0.3) is 0 Å². The van der Waals surface area contributed by atoms with Crippen molar-refractivity contribution in [1.82, 2.24) is 9.97 Å². The van der Waals surface area contributed by atoms with Crippen molar-refractivity contribution < 1.29 is 5.11 Å². The monoisotopic (exact) mass is 283 g/mol. The number of aliphatic hydroxyl groups excluding tert-OH is 1. The van der Waals surface area contributed by atoms with E-state index in [9.17, 15) is 5.11 Å². The fraction of sp³-hybridized carbons (Fsp3) is 0.714. The highest BCUT2D eigenvalue weighted by atomic mass is 35.5. The van der Waals surface area contributed by atoms with Gasteiger partial charge in [-0.2, -0.15) is 0 Å². The van der Waals surface area contributed by atoms with Gasteiger partial charge >= 0.3 is 0 Å². The van der Waals surface area contributed by atoms with Crippen molar-refractivity contribution in [3.8, 4) is 0 Å². The van der Waals surface area contributed by atoms with Gasteiger partial charge in [0.05, 0.1) is 12.1 Å². The van der Waals surface area contributed by atoms with Gasteiger partial charge in [0.15, 0.2) is 0 Å². The highest BCUT2D eigenvalue weighted by Crippen LogP contribution is 2.34. The number of nitrogens with one attached hydrogen (secondary N) is 1. The molecule has 0 unspecified atom stereocenters. The fourth-order valence-corrected chi connectivity index (χ4v) is 2.80. The van der Waals surface area contributed by atoms with Crippen molar-refractivity contribution >= 4 is 17.4 Å². The van der Waals surface area contributed by atoms with Gasteiger partial charge in [0.2, 0.25) is 0 Å². The number of aryl methyl sites for hydroxylation is 1. The molecule has 5 heteroatoms. The van der Waals surface area contributed by atoms with E-state index in [-0.39, 0.29) is 12.1 Å². The summed E-state index contributed by atoms with van der Waals surface area (Å²) in [6, 6.07) is 0. The van der Waals surface area contributed by atoms with E-state index in [2.05, 4.69) is 22.2 Å². The number of halogens is 1. The number of aliphatic hydroxyl groups is 1. The first-order chi connectivity index (χ1) is 9.10. The zero-order chi connectivity index (χ0) is 13.9. The first kappa shape index (κ1) is 14.5. The Hall–Kier alpha value is -0.870. The molecule has 1 fully saturated rings. The van der Waals surface area contributed by atoms with Crippen LogP contribution in [-0.2, 0) is 6.42 Å². The summed E-state index contributed by atoms with van der Waals surface area (Å²) in [5, 5.41) is 13.6. The molecule has 0 saturated heterocycles. The maximum absolute atomic E-state index is 9.67. The molecule has 2 N–H and O–H groups in total. The van der Waals surface area contributed by atoms with Gasteiger partial charge in [0.25, 0.3) is 0 Å². The van der Waals surface area contributed by atoms with Crippen LogP contribution >= 0.6 is 11.6 Å². The van der Waals surface area contributed by atoms with E-state index in [1.165, 1.54) is 0 Å². The van der Waals surface area contributed by atoms with Crippen LogP contribution in [0.15, 0.2) is 0 Å². The predicted molar refractivity (Wildman–Crippen MR) is 77.7 cm³/mol. The van der Waals surface area contributed by atoms with Crippen LogP contribution in [-0.4, -0.2) is 27.2 Å². The molecule has 0 amide bonds. The molecular formula is C14H22ClN3O. The topological polar surface area (TPSA) is 58.0 Å². The number of rotatable bonds is 5. The molecule has 1 aromatic rings. The van der Waals surface area contributed by atoms with Gasteiger partial charge in [0.1, 0.15) is 16.8 Å². The molecule has 0 atom stereocenters. The van der Waals surface area contributed by atoms with Crippen molar-refractivity contribution in [1.29, 1.82) is 0 Å². The van der Waals surface area contributed by atoms with Crippen molar-refractivity contribution in [2.75, 3.05) is 11.9 Å². The van der Waals surface area contributed by atoms with E-state index in [0.717, 1.165) is 55.7 Å². The van der Waals surface area contributed by atoms with Gasteiger partial charge in [-0.3, -0.25) is 0 Å². The molecule has 1 aromatic heterocycles. The molecule has 0 aliphatic heterocycles. The average Bonchev–Trinajstić information content (AvgIpc) is 2.85. The van der Waals surface area contributed by atoms with Crippen LogP contribution in [0, 0.1) is 6.92 Å². The number of hydrogen-bond donors (Lipinski definition) is 2. The fourth-order valence-electron chi connectivity index (χ4n) is 2.62. The van der Waals surface area contributed by atoms with Gasteiger partial charge in [-0.15, -0.1) is 0 Å². The van der Waals surface area contributed by atoms with Crippen molar-refractivity contribution in [3.05, 3.63) is 16.5 Å². The molecule has 1 heterocycles. The molecule has 106 valence electrons. The van der Waals surface area contributed by atoms with E-state index in [0.29, 0.717) is 5.15 Å². The lowest BCUT2D eigenvalue weighted by Crippen LogP contribution is -2.39. The lowest BCUT2D eigenvalue weighted by molar-refractivity contribution is 0.213. The molecule has 1 aliphatic rings. The lowest BCUT2D eigenvalue weighted by Gasteiger charge is -2.29. The molecule has 0 spiro atoms. The molecule has 2 rings (SSSR count). The second-order valence-electron chi connectivity index (χ2n) is 5.42. The Morgan fingerprint density at radius 3 is 2.58 bits per heavy atom. The Bertz CT molecular complexity index is 445. The number of nitrogens with zero attached hydrogens (tertiary/aromatic N) is 2. The maximum Gasteiger partial charge on any atom is 0.137 e. The molecule has 0 radical (unpaired) electrons. The summed E-state index contributed by atoms with van der Waals surface area (Å²) in [4.78, 5) is 8.86. The highest BCUT2D eigenvalue weighted by Gasteiger charge is 2.34. The summed E-state index contributed by atoms with van der Waals surface area (Å²) in [6.07, 6.45) is 6.06. The number of aromatic nitrogens is 2. The largest absolute Gasteiger partial charge is 0.394 e. The van der Waals surface area contributed by atoms with Crippen LogP contribution in [0.5, 0.6) is 0 Å². The summed E-state index contributed by atoms with van der Waals surface area (Å²) in [7, 11) is 0. The standard InChI is InChI=1S/C14H22ClN3O/c1-3-6-11-16-12(15)10(2)13(17-11)18-14(9-19)7-4-5-8-14/h19H,3-9H2,1-2H3,(H,16,17,18). The van der Waals surface area contributed by atoms with Gasteiger partial charge in [-0.1, -0.05) is 31.4 Å². The summed E-state index contributed by atoms with van der Waals surface area (Å²) in [5.74, 6) is 1.55. The minimum absolute atomic E-state index is 0.136. The van der Waals surface area contributed by atoms with Crippen molar-refractivity contribution in [2.45, 2.75) is 57.9 Å².